The van der Waals surface area contributed by atoms with Gasteiger partial charge in [-0.2, -0.15) is 0 Å². The van der Waals surface area contributed by atoms with Gasteiger partial charge in [-0.1, -0.05) is 13.8 Å². The highest BCUT2D eigenvalue weighted by Crippen LogP contribution is 2.08. The Morgan fingerprint density at radius 3 is 2.40 bits per heavy atom. The van der Waals surface area contributed by atoms with Crippen molar-refractivity contribution in [3.05, 3.63) is 18.1 Å². The van der Waals surface area contributed by atoms with Crippen LogP contribution in [0.15, 0.2) is 12.4 Å². The molecule has 1 aromatic heterocycles. The molecule has 0 aliphatic carbocycles. The zero-order valence-corrected chi connectivity index (χ0v) is 9.06. The smallest absolute Gasteiger partial charge is 0.356 e. The van der Waals surface area contributed by atoms with Gasteiger partial charge < -0.3 is 10.4 Å². The quantitative estimate of drug-likeness (QED) is 0.788. The van der Waals surface area contributed by atoms with Crippen molar-refractivity contribution in [1.29, 1.82) is 0 Å². The Morgan fingerprint density at radius 2 is 2.00 bits per heavy atom. The second-order valence-corrected chi connectivity index (χ2v) is 3.77. The van der Waals surface area contributed by atoms with E-state index in [4.69, 9.17) is 5.11 Å². The van der Waals surface area contributed by atoms with E-state index in [1.807, 2.05) is 6.92 Å². The van der Waals surface area contributed by atoms with Crippen LogP contribution in [0.25, 0.3) is 0 Å². The first-order valence-electron chi connectivity index (χ1n) is 4.82. The summed E-state index contributed by atoms with van der Waals surface area (Å²) in [5.74, 6) is 0.0121. The number of aromatic nitrogens is 2. The summed E-state index contributed by atoms with van der Waals surface area (Å²) in [6, 6.07) is 0.273. The van der Waals surface area contributed by atoms with Crippen LogP contribution in [0.3, 0.4) is 0 Å². The molecular weight excluding hydrogens is 194 g/mol. The molecule has 0 aliphatic heterocycles. The molecule has 1 atom stereocenters. The van der Waals surface area contributed by atoms with Crippen molar-refractivity contribution in [1.82, 2.24) is 9.97 Å². The van der Waals surface area contributed by atoms with Crippen molar-refractivity contribution >= 4 is 11.8 Å². The molecule has 0 spiro atoms. The Morgan fingerprint density at radius 1 is 1.33 bits per heavy atom. The van der Waals surface area contributed by atoms with Crippen LogP contribution in [0, 0.1) is 5.92 Å². The number of nitrogens with zero attached hydrogens (tertiary/aromatic N) is 2. The fourth-order valence-electron chi connectivity index (χ4n) is 0.913. The zero-order chi connectivity index (χ0) is 11.4. The first-order chi connectivity index (χ1) is 7.00. The molecule has 5 nitrogen and oxygen atoms in total. The lowest BCUT2D eigenvalue weighted by Gasteiger charge is -2.17. The molecule has 0 amide bonds. The van der Waals surface area contributed by atoms with Gasteiger partial charge in [-0.25, -0.2) is 14.8 Å². The molecule has 1 aromatic rings. The normalized spacial score (nSPS) is 12.5. The average Bonchev–Trinajstić information content (AvgIpc) is 2.18. The number of aromatic carboxylic acids is 1. The van der Waals surface area contributed by atoms with Crippen LogP contribution < -0.4 is 5.32 Å². The largest absolute Gasteiger partial charge is 0.476 e. The topological polar surface area (TPSA) is 75.1 Å². The number of carbonyl (C=O) groups is 1. The number of nitrogens with one attached hydrogen (secondary N) is 1. The molecule has 0 aliphatic rings. The minimum atomic E-state index is -1.06. The molecule has 15 heavy (non-hydrogen) atoms. The lowest BCUT2D eigenvalue weighted by atomic mass is 10.1. The van der Waals surface area contributed by atoms with Crippen LogP contribution in [0.1, 0.15) is 31.3 Å². The fraction of sp³-hybridized carbons (Fsp3) is 0.500. The molecule has 82 valence electrons. The van der Waals surface area contributed by atoms with Crippen molar-refractivity contribution in [3.63, 3.8) is 0 Å². The predicted molar refractivity (Wildman–Crippen MR) is 56.9 cm³/mol. The van der Waals surface area contributed by atoms with Crippen molar-refractivity contribution in [2.75, 3.05) is 5.32 Å². The summed E-state index contributed by atoms with van der Waals surface area (Å²) in [6.45, 7) is 6.23. The molecule has 2 N–H and O–H groups in total. The molecular formula is C10H15N3O2. The van der Waals surface area contributed by atoms with E-state index in [2.05, 4.69) is 29.1 Å². The van der Waals surface area contributed by atoms with E-state index in [1.165, 1.54) is 12.4 Å². The van der Waals surface area contributed by atoms with Crippen LogP contribution in [-0.4, -0.2) is 27.1 Å². The van der Waals surface area contributed by atoms with Gasteiger partial charge in [0.15, 0.2) is 5.69 Å². The Labute approximate surface area is 88.6 Å². The molecule has 0 bridgehead atoms. The molecule has 0 radical (unpaired) electrons. The van der Waals surface area contributed by atoms with Gasteiger partial charge in [-0.15, -0.1) is 0 Å². The van der Waals surface area contributed by atoms with Crippen molar-refractivity contribution in [3.8, 4) is 0 Å². The SMILES string of the molecule is CC(C)C(C)Nc1cnc(C(=O)O)cn1. The Balaban J connectivity index is 2.68. The van der Waals surface area contributed by atoms with Gasteiger partial charge in [0.1, 0.15) is 5.82 Å². The molecule has 0 saturated heterocycles. The number of rotatable bonds is 4. The minimum Gasteiger partial charge on any atom is -0.476 e. The van der Waals surface area contributed by atoms with Crippen LogP contribution in [0.2, 0.25) is 0 Å². The maximum Gasteiger partial charge on any atom is 0.356 e. The van der Waals surface area contributed by atoms with Gasteiger partial charge >= 0.3 is 5.97 Å². The molecule has 1 rings (SSSR count). The lowest BCUT2D eigenvalue weighted by molar-refractivity contribution is 0.0690. The van der Waals surface area contributed by atoms with Crippen LogP contribution in [0.5, 0.6) is 0 Å². The monoisotopic (exact) mass is 209 g/mol. The summed E-state index contributed by atoms with van der Waals surface area (Å²) in [6.07, 6.45) is 2.68. The lowest BCUT2D eigenvalue weighted by Crippen LogP contribution is -2.22. The van der Waals surface area contributed by atoms with Crippen molar-refractivity contribution < 1.29 is 9.90 Å². The summed E-state index contributed by atoms with van der Waals surface area (Å²) in [5, 5.41) is 11.8. The van der Waals surface area contributed by atoms with E-state index in [9.17, 15) is 4.79 Å². The van der Waals surface area contributed by atoms with Crippen LogP contribution in [-0.2, 0) is 0 Å². The third kappa shape index (κ3) is 3.19. The van der Waals surface area contributed by atoms with E-state index < -0.39 is 5.97 Å². The highest BCUT2D eigenvalue weighted by atomic mass is 16.4. The summed E-state index contributed by atoms with van der Waals surface area (Å²) in [4.78, 5) is 18.3. The fourth-order valence-corrected chi connectivity index (χ4v) is 0.913. The summed E-state index contributed by atoms with van der Waals surface area (Å²) in [5.41, 5.74) is -0.0437. The predicted octanol–water partition coefficient (Wildman–Crippen LogP) is 1.63. The number of anilines is 1. The molecule has 0 aromatic carbocycles. The van der Waals surface area contributed by atoms with E-state index in [1.54, 1.807) is 0 Å². The zero-order valence-electron chi connectivity index (χ0n) is 9.06. The minimum absolute atomic E-state index is 0.0437. The molecule has 0 fully saturated rings. The Hall–Kier alpha value is -1.65. The van der Waals surface area contributed by atoms with Gasteiger partial charge in [-0.3, -0.25) is 0 Å². The maximum atomic E-state index is 10.5. The molecule has 1 heterocycles. The van der Waals surface area contributed by atoms with E-state index >= 15 is 0 Å². The van der Waals surface area contributed by atoms with Crippen molar-refractivity contribution in [2.24, 2.45) is 5.92 Å². The molecule has 0 saturated carbocycles. The standard InChI is InChI=1S/C10H15N3O2/c1-6(2)7(3)13-9-5-11-8(4-12-9)10(14)15/h4-7H,1-3H3,(H,12,13)(H,14,15). The first kappa shape index (κ1) is 11.4. The van der Waals surface area contributed by atoms with Gasteiger partial charge in [-0.05, 0) is 12.8 Å². The van der Waals surface area contributed by atoms with E-state index in [0.29, 0.717) is 11.7 Å². The van der Waals surface area contributed by atoms with E-state index in [0.717, 1.165) is 0 Å². The van der Waals surface area contributed by atoms with Crippen molar-refractivity contribution in [2.45, 2.75) is 26.8 Å². The first-order valence-corrected chi connectivity index (χ1v) is 4.82. The maximum absolute atomic E-state index is 10.5. The average molecular weight is 209 g/mol. The number of carboxylic acids is 1. The van der Waals surface area contributed by atoms with Gasteiger partial charge in [0.25, 0.3) is 0 Å². The van der Waals surface area contributed by atoms with Gasteiger partial charge in [0, 0.05) is 6.04 Å². The third-order valence-electron chi connectivity index (χ3n) is 2.25. The highest BCUT2D eigenvalue weighted by molar-refractivity contribution is 5.84. The Bertz CT molecular complexity index is 335. The Kier molecular flexibility index (Phi) is 3.60. The van der Waals surface area contributed by atoms with E-state index in [-0.39, 0.29) is 11.7 Å². The van der Waals surface area contributed by atoms with Crippen LogP contribution >= 0.6 is 0 Å². The van der Waals surface area contributed by atoms with Gasteiger partial charge in [0.2, 0.25) is 0 Å². The second kappa shape index (κ2) is 4.72. The summed E-state index contributed by atoms with van der Waals surface area (Å²) < 4.78 is 0. The molecule has 5 heteroatoms. The highest BCUT2D eigenvalue weighted by Gasteiger charge is 2.09. The number of hydrogen-bond acceptors (Lipinski definition) is 4. The third-order valence-corrected chi connectivity index (χ3v) is 2.25. The summed E-state index contributed by atoms with van der Waals surface area (Å²) in [7, 11) is 0. The van der Waals surface area contributed by atoms with Gasteiger partial charge in [0.05, 0.1) is 12.4 Å². The second-order valence-electron chi connectivity index (χ2n) is 3.77. The number of carboxylic acid groups (broad SMARTS) is 1. The van der Waals surface area contributed by atoms with Crippen LogP contribution in [0.4, 0.5) is 5.82 Å². The number of hydrogen-bond donors (Lipinski definition) is 2. The summed E-state index contributed by atoms with van der Waals surface area (Å²) >= 11 is 0. The molecule has 1 unspecified atom stereocenters.